The van der Waals surface area contributed by atoms with Crippen LogP contribution in [0.5, 0.6) is 17.2 Å². The van der Waals surface area contributed by atoms with Gasteiger partial charge in [0.15, 0.2) is 17.3 Å². The molecule has 1 N–H and O–H groups in total. The number of halogens is 3. The van der Waals surface area contributed by atoms with E-state index in [0.29, 0.717) is 11.5 Å². The molecule has 0 bridgehead atoms. The van der Waals surface area contributed by atoms with Crippen molar-refractivity contribution in [2.75, 3.05) is 6.61 Å². The first-order valence-corrected chi connectivity index (χ1v) is 6.42. The zero-order chi connectivity index (χ0) is 15.7. The Balaban J connectivity index is 1.69. The van der Waals surface area contributed by atoms with E-state index in [1.807, 2.05) is 0 Å². The zero-order valence-electron chi connectivity index (χ0n) is 11.1. The first-order chi connectivity index (χ1) is 10.4. The topological polar surface area (TPSA) is 77.6 Å². The highest BCUT2D eigenvalue weighted by molar-refractivity contribution is 5.46. The summed E-state index contributed by atoms with van der Waals surface area (Å²) in [4.78, 5) is 3.89. The summed E-state index contributed by atoms with van der Waals surface area (Å²) in [6.45, 7) is 0.0820. The van der Waals surface area contributed by atoms with Crippen LogP contribution in [0.4, 0.5) is 13.2 Å². The molecule has 0 amide bonds. The smallest absolute Gasteiger partial charge is 0.389 e. The molecule has 1 unspecified atom stereocenters. The number of aromatic nitrogens is 2. The van der Waals surface area contributed by atoms with Crippen molar-refractivity contribution in [2.45, 2.75) is 25.1 Å². The Morgan fingerprint density at radius 1 is 1.27 bits per heavy atom. The molecule has 0 aliphatic carbocycles. The molecule has 1 atom stereocenters. The predicted octanol–water partition coefficient (Wildman–Crippen LogP) is 2.78. The van der Waals surface area contributed by atoms with E-state index in [-0.39, 0.29) is 30.5 Å². The molecule has 0 radical (unpaired) electrons. The monoisotopic (exact) mass is 316 g/mol. The first kappa shape index (κ1) is 14.5. The van der Waals surface area contributed by atoms with Gasteiger partial charge in [0.2, 0.25) is 6.10 Å². The van der Waals surface area contributed by atoms with Crippen molar-refractivity contribution in [3.05, 3.63) is 29.9 Å². The molecule has 0 saturated carbocycles. The summed E-state index contributed by atoms with van der Waals surface area (Å²) < 4.78 is 52.4. The Morgan fingerprint density at radius 2 is 2.09 bits per heavy atom. The summed E-state index contributed by atoms with van der Waals surface area (Å²) in [5, 5.41) is 12.9. The molecule has 1 aliphatic rings. The number of rotatable bonds is 3. The number of nitrogens with zero attached hydrogens (tertiary/aromatic N) is 2. The van der Waals surface area contributed by atoms with Crippen molar-refractivity contribution in [1.82, 2.24) is 10.1 Å². The first-order valence-electron chi connectivity index (χ1n) is 6.42. The lowest BCUT2D eigenvalue weighted by atomic mass is 10.2. The van der Waals surface area contributed by atoms with E-state index >= 15 is 0 Å². The van der Waals surface area contributed by atoms with Crippen molar-refractivity contribution in [1.29, 1.82) is 0 Å². The summed E-state index contributed by atoms with van der Waals surface area (Å²) in [5.41, 5.74) is 0. The van der Waals surface area contributed by atoms with Gasteiger partial charge in [0.1, 0.15) is 12.4 Å². The Bertz CT molecular complexity index is 672. The number of aromatic hydroxyl groups is 1. The lowest BCUT2D eigenvalue weighted by Gasteiger charge is -2.23. The van der Waals surface area contributed by atoms with E-state index < -0.39 is 18.7 Å². The maximum Gasteiger partial charge on any atom is 0.389 e. The lowest BCUT2D eigenvalue weighted by molar-refractivity contribution is -0.134. The van der Waals surface area contributed by atoms with Crippen LogP contribution in [0.2, 0.25) is 0 Å². The normalized spacial score (nSPS) is 17.5. The Kier molecular flexibility index (Phi) is 3.55. The number of ether oxygens (including phenoxy) is 2. The minimum absolute atomic E-state index is 0.000560. The SMILES string of the molecule is Oc1ccc2c(c1)OC(c1nc(CCC(F)(F)F)no1)CO2. The highest BCUT2D eigenvalue weighted by Crippen LogP contribution is 2.38. The van der Waals surface area contributed by atoms with Crippen LogP contribution in [0.1, 0.15) is 24.2 Å². The molecule has 6 nitrogen and oxygen atoms in total. The number of phenols is 1. The number of phenolic OH excluding ortho intramolecular Hbond substituents is 1. The van der Waals surface area contributed by atoms with Gasteiger partial charge in [0.05, 0.1) is 6.42 Å². The van der Waals surface area contributed by atoms with Crippen LogP contribution in [0.3, 0.4) is 0 Å². The number of fused-ring (bicyclic) bond motifs is 1. The number of hydrogen-bond donors (Lipinski definition) is 1. The van der Waals surface area contributed by atoms with E-state index in [2.05, 4.69) is 10.1 Å². The molecule has 3 rings (SSSR count). The van der Waals surface area contributed by atoms with Crippen molar-refractivity contribution in [2.24, 2.45) is 0 Å². The largest absolute Gasteiger partial charge is 0.508 e. The Labute approximate surface area is 122 Å². The van der Waals surface area contributed by atoms with Crippen molar-refractivity contribution >= 4 is 0 Å². The average Bonchev–Trinajstić information content (AvgIpc) is 2.92. The fourth-order valence-electron chi connectivity index (χ4n) is 1.94. The summed E-state index contributed by atoms with van der Waals surface area (Å²) in [6, 6.07) is 4.36. The van der Waals surface area contributed by atoms with Crippen LogP contribution in [-0.2, 0) is 6.42 Å². The Hall–Kier alpha value is -2.45. The van der Waals surface area contributed by atoms with Gasteiger partial charge in [-0.3, -0.25) is 0 Å². The van der Waals surface area contributed by atoms with Crippen LogP contribution in [0.25, 0.3) is 0 Å². The van der Waals surface area contributed by atoms with E-state index in [4.69, 9.17) is 14.0 Å². The molecule has 0 fully saturated rings. The maximum atomic E-state index is 12.2. The molecule has 1 aromatic carbocycles. The highest BCUT2D eigenvalue weighted by atomic mass is 19.4. The summed E-state index contributed by atoms with van der Waals surface area (Å²) >= 11 is 0. The van der Waals surface area contributed by atoms with E-state index in [0.717, 1.165) is 0 Å². The molecule has 1 aromatic heterocycles. The Morgan fingerprint density at radius 3 is 2.86 bits per heavy atom. The molecular weight excluding hydrogens is 305 g/mol. The number of benzene rings is 1. The number of hydrogen-bond acceptors (Lipinski definition) is 6. The van der Waals surface area contributed by atoms with Crippen LogP contribution >= 0.6 is 0 Å². The van der Waals surface area contributed by atoms with E-state index in [1.165, 1.54) is 12.1 Å². The van der Waals surface area contributed by atoms with Gasteiger partial charge >= 0.3 is 6.18 Å². The van der Waals surface area contributed by atoms with Gasteiger partial charge in [-0.2, -0.15) is 18.2 Å². The number of alkyl halides is 3. The van der Waals surface area contributed by atoms with Gasteiger partial charge in [0, 0.05) is 12.5 Å². The number of aryl methyl sites for hydroxylation is 1. The summed E-state index contributed by atoms with van der Waals surface area (Å²) in [7, 11) is 0. The molecule has 9 heteroatoms. The highest BCUT2D eigenvalue weighted by Gasteiger charge is 2.30. The fraction of sp³-hybridized carbons (Fsp3) is 0.385. The average molecular weight is 316 g/mol. The van der Waals surface area contributed by atoms with E-state index in [1.54, 1.807) is 6.07 Å². The second-order valence-corrected chi connectivity index (χ2v) is 4.71. The molecule has 2 aromatic rings. The molecule has 22 heavy (non-hydrogen) atoms. The molecule has 118 valence electrons. The molecule has 0 spiro atoms. The third-order valence-corrected chi connectivity index (χ3v) is 2.98. The third-order valence-electron chi connectivity index (χ3n) is 2.98. The van der Waals surface area contributed by atoms with Gasteiger partial charge < -0.3 is 19.1 Å². The van der Waals surface area contributed by atoms with Crippen LogP contribution in [-0.4, -0.2) is 28.0 Å². The zero-order valence-corrected chi connectivity index (χ0v) is 11.1. The maximum absolute atomic E-state index is 12.2. The predicted molar refractivity (Wildman–Crippen MR) is 65.6 cm³/mol. The molecule has 2 heterocycles. The summed E-state index contributed by atoms with van der Waals surface area (Å²) in [6.07, 6.45) is -6.40. The molecule has 0 saturated heterocycles. The van der Waals surface area contributed by atoms with Crippen molar-refractivity contribution in [3.8, 4) is 17.2 Å². The van der Waals surface area contributed by atoms with Gasteiger partial charge in [-0.05, 0) is 12.1 Å². The second-order valence-electron chi connectivity index (χ2n) is 4.71. The quantitative estimate of drug-likeness (QED) is 0.938. The van der Waals surface area contributed by atoms with Gasteiger partial charge in [-0.15, -0.1) is 0 Å². The van der Waals surface area contributed by atoms with Crippen molar-refractivity contribution < 1.29 is 32.3 Å². The third kappa shape index (κ3) is 3.23. The molecule has 1 aliphatic heterocycles. The standard InChI is InChI=1S/C13H11F3N2O4/c14-13(15,16)4-3-11-17-12(22-18-11)10-6-20-8-2-1-7(19)5-9(8)21-10/h1-2,5,10,19H,3-4,6H2. The summed E-state index contributed by atoms with van der Waals surface area (Å²) in [5.74, 6) is 0.736. The van der Waals surface area contributed by atoms with Gasteiger partial charge in [-0.25, -0.2) is 0 Å². The van der Waals surface area contributed by atoms with Crippen LogP contribution < -0.4 is 9.47 Å². The van der Waals surface area contributed by atoms with Crippen LogP contribution in [0, 0.1) is 0 Å². The van der Waals surface area contributed by atoms with E-state index in [9.17, 15) is 18.3 Å². The minimum atomic E-state index is -4.28. The minimum Gasteiger partial charge on any atom is -0.508 e. The van der Waals surface area contributed by atoms with Crippen LogP contribution in [0.15, 0.2) is 22.7 Å². The fourth-order valence-corrected chi connectivity index (χ4v) is 1.94. The molecular formula is C13H11F3N2O4. The van der Waals surface area contributed by atoms with Gasteiger partial charge in [0.25, 0.3) is 5.89 Å². The second kappa shape index (κ2) is 5.39. The van der Waals surface area contributed by atoms with Gasteiger partial charge in [-0.1, -0.05) is 5.16 Å². The van der Waals surface area contributed by atoms with Crippen molar-refractivity contribution in [3.63, 3.8) is 0 Å². The lowest BCUT2D eigenvalue weighted by Crippen LogP contribution is -2.21.